The fourth-order valence-corrected chi connectivity index (χ4v) is 4.26. The second kappa shape index (κ2) is 7.80. The van der Waals surface area contributed by atoms with Crippen molar-refractivity contribution in [2.75, 3.05) is 12.4 Å². The predicted octanol–water partition coefficient (Wildman–Crippen LogP) is 1.58. The lowest BCUT2D eigenvalue weighted by atomic mass is 9.97. The van der Waals surface area contributed by atoms with E-state index in [2.05, 4.69) is 30.9 Å². The maximum absolute atomic E-state index is 12.6. The smallest absolute Gasteiger partial charge is 0.243 e. The first-order valence-corrected chi connectivity index (χ1v) is 11.1. The topological polar surface area (TPSA) is 128 Å². The third-order valence-electron chi connectivity index (χ3n) is 5.53. The molecule has 1 amide bonds. The van der Waals surface area contributed by atoms with Gasteiger partial charge in [0.1, 0.15) is 11.7 Å². The Morgan fingerprint density at radius 1 is 1.13 bits per heavy atom. The number of aromatic amines is 1. The summed E-state index contributed by atoms with van der Waals surface area (Å²) in [6.45, 7) is 4.04. The van der Waals surface area contributed by atoms with Gasteiger partial charge in [-0.2, -0.15) is 0 Å². The fourth-order valence-electron chi connectivity index (χ4n) is 3.49. The molecular weight excluding hydrogens is 404 g/mol. The molecule has 0 aliphatic carbocycles. The van der Waals surface area contributed by atoms with Gasteiger partial charge in [-0.25, -0.2) is 23.5 Å². The lowest BCUT2D eigenvalue weighted by Gasteiger charge is -2.15. The molecule has 3 unspecified atom stereocenters. The van der Waals surface area contributed by atoms with Gasteiger partial charge < -0.3 is 10.3 Å². The van der Waals surface area contributed by atoms with Gasteiger partial charge in [-0.05, 0) is 49.7 Å². The molecule has 1 aliphatic heterocycles. The van der Waals surface area contributed by atoms with Crippen molar-refractivity contribution in [3.63, 3.8) is 0 Å². The summed E-state index contributed by atoms with van der Waals surface area (Å²) in [5.41, 5.74) is 8.79. The fraction of sp³-hybridized carbons (Fsp3) is 0.300. The first-order chi connectivity index (χ1) is 14.3. The van der Waals surface area contributed by atoms with Gasteiger partial charge in [-0.1, -0.05) is 19.1 Å². The number of pyridine rings is 1. The van der Waals surface area contributed by atoms with Gasteiger partial charge in [0.15, 0.2) is 0 Å². The van der Waals surface area contributed by atoms with Crippen molar-refractivity contribution in [1.82, 2.24) is 25.5 Å². The van der Waals surface area contributed by atoms with Crippen LogP contribution in [-0.4, -0.2) is 43.4 Å². The Labute approximate surface area is 174 Å². The van der Waals surface area contributed by atoms with Crippen LogP contribution in [0, 0.1) is 5.92 Å². The van der Waals surface area contributed by atoms with E-state index in [1.54, 1.807) is 18.3 Å². The van der Waals surface area contributed by atoms with Gasteiger partial charge in [-0.3, -0.25) is 10.2 Å². The third kappa shape index (κ3) is 3.82. The van der Waals surface area contributed by atoms with Crippen LogP contribution in [-0.2, 0) is 14.8 Å². The van der Waals surface area contributed by atoms with Gasteiger partial charge in [0.25, 0.3) is 0 Å². The molecule has 1 aliphatic rings. The molecule has 1 saturated heterocycles. The highest BCUT2D eigenvalue weighted by atomic mass is 32.2. The standard InChI is InChI=1S/C20H24N6O3S/c1-11-12(2)25-26-18(11)20(27)23-15-7-14-9-17(24-19(14)22-10-15)13-5-4-6-16(8-13)30(28,29)21-3/h4-12,18,21,25-26H,1-3H3,(H,22,24)(H,23,27). The van der Waals surface area contributed by atoms with Crippen LogP contribution < -0.4 is 20.9 Å². The number of carbonyl (C=O) groups excluding carboxylic acids is 1. The number of hydrogen-bond donors (Lipinski definition) is 5. The van der Waals surface area contributed by atoms with Crippen LogP contribution in [0.3, 0.4) is 0 Å². The summed E-state index contributed by atoms with van der Waals surface area (Å²) in [5, 5.41) is 3.72. The van der Waals surface area contributed by atoms with Gasteiger partial charge in [-0.15, -0.1) is 0 Å². The van der Waals surface area contributed by atoms with Crippen molar-refractivity contribution in [2.45, 2.75) is 30.8 Å². The quantitative estimate of drug-likeness (QED) is 0.420. The molecule has 1 fully saturated rings. The number of carbonyl (C=O) groups is 1. The molecule has 0 saturated carbocycles. The number of benzene rings is 1. The minimum Gasteiger partial charge on any atom is -0.339 e. The number of H-pyrrole nitrogens is 1. The van der Waals surface area contributed by atoms with E-state index in [9.17, 15) is 13.2 Å². The van der Waals surface area contributed by atoms with E-state index in [-0.39, 0.29) is 28.8 Å². The van der Waals surface area contributed by atoms with Crippen LogP contribution in [0.25, 0.3) is 22.3 Å². The maximum atomic E-state index is 12.6. The summed E-state index contributed by atoms with van der Waals surface area (Å²) >= 11 is 0. The molecule has 9 nitrogen and oxygen atoms in total. The first-order valence-electron chi connectivity index (χ1n) is 9.63. The highest BCUT2D eigenvalue weighted by Crippen LogP contribution is 2.27. The summed E-state index contributed by atoms with van der Waals surface area (Å²) in [5.74, 6) is 0.0305. The maximum Gasteiger partial charge on any atom is 0.243 e. The molecule has 0 radical (unpaired) electrons. The summed E-state index contributed by atoms with van der Waals surface area (Å²) in [6, 6.07) is 10.2. The number of anilines is 1. The van der Waals surface area contributed by atoms with Crippen molar-refractivity contribution < 1.29 is 13.2 Å². The predicted molar refractivity (Wildman–Crippen MR) is 115 cm³/mol. The molecule has 3 atom stereocenters. The van der Waals surface area contributed by atoms with Crippen molar-refractivity contribution >= 4 is 32.7 Å². The summed E-state index contributed by atoms with van der Waals surface area (Å²) < 4.78 is 26.5. The normalized spacial score (nSPS) is 21.8. The lowest BCUT2D eigenvalue weighted by Crippen LogP contribution is -2.41. The molecule has 4 rings (SSSR count). The molecule has 2 aromatic heterocycles. The van der Waals surface area contributed by atoms with Gasteiger partial charge >= 0.3 is 0 Å². The number of aromatic nitrogens is 2. The zero-order chi connectivity index (χ0) is 21.5. The molecule has 5 N–H and O–H groups in total. The molecule has 0 bridgehead atoms. The van der Waals surface area contributed by atoms with Gasteiger partial charge in [0.05, 0.1) is 16.8 Å². The Morgan fingerprint density at radius 2 is 1.93 bits per heavy atom. The zero-order valence-electron chi connectivity index (χ0n) is 16.9. The summed E-state index contributed by atoms with van der Waals surface area (Å²) in [7, 11) is -2.16. The first kappa shape index (κ1) is 20.5. The number of sulfonamides is 1. The monoisotopic (exact) mass is 428 g/mol. The van der Waals surface area contributed by atoms with E-state index in [1.165, 1.54) is 13.1 Å². The van der Waals surface area contributed by atoms with Crippen LogP contribution >= 0.6 is 0 Å². The number of hydrogen-bond acceptors (Lipinski definition) is 6. The van der Waals surface area contributed by atoms with Gasteiger partial charge in [0, 0.05) is 17.1 Å². The molecule has 3 heterocycles. The van der Waals surface area contributed by atoms with E-state index < -0.39 is 10.0 Å². The minimum absolute atomic E-state index is 0.124. The Morgan fingerprint density at radius 3 is 2.63 bits per heavy atom. The molecule has 0 spiro atoms. The van der Waals surface area contributed by atoms with Crippen molar-refractivity contribution in [2.24, 2.45) is 5.92 Å². The second-order valence-corrected chi connectivity index (χ2v) is 9.37. The van der Waals surface area contributed by atoms with E-state index >= 15 is 0 Å². The van der Waals surface area contributed by atoms with Crippen molar-refractivity contribution in [1.29, 1.82) is 0 Å². The van der Waals surface area contributed by atoms with Crippen LogP contribution in [0.2, 0.25) is 0 Å². The summed E-state index contributed by atoms with van der Waals surface area (Å²) in [4.78, 5) is 20.4. The van der Waals surface area contributed by atoms with E-state index in [0.717, 1.165) is 16.6 Å². The number of hydrazine groups is 1. The number of nitrogens with one attached hydrogen (secondary N) is 5. The van der Waals surface area contributed by atoms with Crippen LogP contribution in [0.15, 0.2) is 47.5 Å². The van der Waals surface area contributed by atoms with E-state index in [4.69, 9.17) is 0 Å². The Balaban J connectivity index is 1.59. The van der Waals surface area contributed by atoms with Crippen LogP contribution in [0.5, 0.6) is 0 Å². The van der Waals surface area contributed by atoms with Crippen molar-refractivity contribution in [3.05, 3.63) is 42.6 Å². The lowest BCUT2D eigenvalue weighted by molar-refractivity contribution is -0.118. The number of fused-ring (bicyclic) bond motifs is 1. The Hall–Kier alpha value is -2.79. The van der Waals surface area contributed by atoms with E-state index in [0.29, 0.717) is 11.3 Å². The molecule has 3 aromatic rings. The third-order valence-corrected chi connectivity index (χ3v) is 6.94. The Bertz CT molecular complexity index is 1210. The van der Waals surface area contributed by atoms with Gasteiger partial charge in [0.2, 0.25) is 15.9 Å². The SMILES string of the molecule is CNS(=O)(=O)c1cccc(-c2cc3cc(NC(=O)C4NNC(C)C4C)cnc3[nH]2)c1. The molecular formula is C20H24N6O3S. The second-order valence-electron chi connectivity index (χ2n) is 7.48. The minimum atomic E-state index is -3.53. The largest absolute Gasteiger partial charge is 0.339 e. The molecule has 10 heteroatoms. The average Bonchev–Trinajstić information content (AvgIpc) is 3.31. The highest BCUT2D eigenvalue weighted by Gasteiger charge is 2.34. The Kier molecular flexibility index (Phi) is 5.33. The number of rotatable bonds is 5. The number of amides is 1. The molecule has 30 heavy (non-hydrogen) atoms. The summed E-state index contributed by atoms with van der Waals surface area (Å²) in [6.07, 6.45) is 1.60. The number of nitrogens with zero attached hydrogens (tertiary/aromatic N) is 1. The average molecular weight is 429 g/mol. The highest BCUT2D eigenvalue weighted by molar-refractivity contribution is 7.89. The van der Waals surface area contributed by atoms with E-state index in [1.807, 2.05) is 32.0 Å². The van der Waals surface area contributed by atoms with Crippen LogP contribution in [0.4, 0.5) is 5.69 Å². The zero-order valence-corrected chi connectivity index (χ0v) is 17.7. The molecule has 158 valence electrons. The van der Waals surface area contributed by atoms with Crippen molar-refractivity contribution in [3.8, 4) is 11.3 Å². The molecule has 1 aromatic carbocycles. The van der Waals surface area contributed by atoms with Crippen LogP contribution in [0.1, 0.15) is 13.8 Å².